The van der Waals surface area contributed by atoms with Crippen molar-refractivity contribution in [3.05, 3.63) is 34.9 Å². The van der Waals surface area contributed by atoms with E-state index in [9.17, 15) is 0 Å². The maximum Gasteiger partial charge on any atom is 0.0453 e. The number of piperidine rings is 1. The largest absolute Gasteiger partial charge is 0.329 e. The minimum absolute atomic E-state index is 0.117. The number of hydrogen-bond acceptors (Lipinski definition) is 3. The van der Waals surface area contributed by atoms with Crippen LogP contribution in [0, 0.1) is 5.92 Å². The molecule has 2 N–H and O–H groups in total. The Morgan fingerprint density at radius 3 is 2.90 bits per heavy atom. The highest BCUT2D eigenvalue weighted by Gasteiger charge is 2.48. The lowest BCUT2D eigenvalue weighted by atomic mass is 9.76. The maximum absolute atomic E-state index is 6.40. The van der Waals surface area contributed by atoms with Gasteiger partial charge in [-0.3, -0.25) is 4.90 Å². The van der Waals surface area contributed by atoms with Gasteiger partial charge in [0.2, 0.25) is 0 Å². The van der Waals surface area contributed by atoms with Crippen LogP contribution >= 0.6 is 11.6 Å². The van der Waals surface area contributed by atoms with Crippen LogP contribution in [0.1, 0.15) is 31.4 Å². The van der Waals surface area contributed by atoms with E-state index in [1.165, 1.54) is 38.0 Å². The highest BCUT2D eigenvalue weighted by atomic mass is 35.5. The molecule has 2 bridgehead atoms. The molecule has 0 spiro atoms. The first-order valence-electron chi connectivity index (χ1n) is 7.98. The van der Waals surface area contributed by atoms with Gasteiger partial charge in [-0.1, -0.05) is 29.8 Å². The van der Waals surface area contributed by atoms with Crippen molar-refractivity contribution in [2.24, 2.45) is 11.7 Å². The Labute approximate surface area is 133 Å². The Balaban J connectivity index is 1.88. The fourth-order valence-corrected chi connectivity index (χ4v) is 4.61. The second-order valence-corrected chi connectivity index (χ2v) is 7.06. The average molecular weight is 308 g/mol. The molecule has 4 heteroatoms. The van der Waals surface area contributed by atoms with Crippen molar-refractivity contribution in [1.82, 2.24) is 9.80 Å². The molecule has 2 aliphatic rings. The van der Waals surface area contributed by atoms with Crippen LogP contribution < -0.4 is 5.73 Å². The van der Waals surface area contributed by atoms with Gasteiger partial charge in [-0.15, -0.1) is 0 Å². The monoisotopic (exact) mass is 307 g/mol. The van der Waals surface area contributed by atoms with Gasteiger partial charge >= 0.3 is 0 Å². The minimum Gasteiger partial charge on any atom is -0.329 e. The third kappa shape index (κ3) is 2.50. The van der Waals surface area contributed by atoms with E-state index in [2.05, 4.69) is 35.9 Å². The first-order valence-corrected chi connectivity index (χ1v) is 8.36. The topological polar surface area (TPSA) is 32.5 Å². The van der Waals surface area contributed by atoms with E-state index < -0.39 is 0 Å². The molecule has 3 nitrogen and oxygen atoms in total. The van der Waals surface area contributed by atoms with Crippen LogP contribution in [0.15, 0.2) is 24.3 Å². The average Bonchev–Trinajstić information content (AvgIpc) is 2.91. The molecule has 3 rings (SSSR count). The molecule has 0 radical (unpaired) electrons. The van der Waals surface area contributed by atoms with Crippen LogP contribution in [0.4, 0.5) is 0 Å². The summed E-state index contributed by atoms with van der Waals surface area (Å²) in [5, 5.41) is 0.855. The summed E-state index contributed by atoms with van der Waals surface area (Å²) in [5.74, 6) is 0.686. The number of nitrogens with two attached hydrogens (primary N) is 1. The van der Waals surface area contributed by atoms with E-state index in [1.54, 1.807) is 0 Å². The number of rotatable bonds is 4. The first-order chi connectivity index (χ1) is 10.1. The summed E-state index contributed by atoms with van der Waals surface area (Å²) in [6.07, 6.45) is 2.44. The second-order valence-electron chi connectivity index (χ2n) is 6.65. The van der Waals surface area contributed by atoms with E-state index in [1.807, 2.05) is 12.1 Å². The van der Waals surface area contributed by atoms with Crippen LogP contribution in [-0.2, 0) is 0 Å². The SMILES string of the molecule is CC(c1ccccc1Cl)N(C)C1(CN)CCN2CCC1C2. The number of benzene rings is 1. The van der Waals surface area contributed by atoms with E-state index in [-0.39, 0.29) is 11.6 Å². The van der Waals surface area contributed by atoms with Gasteiger partial charge in [-0.2, -0.15) is 0 Å². The lowest BCUT2D eigenvalue weighted by molar-refractivity contribution is 0.00148. The summed E-state index contributed by atoms with van der Waals surface area (Å²) in [6.45, 7) is 6.60. The molecule has 0 amide bonds. The standard InChI is InChI=1S/C17H26ClN3/c1-13(15-5-3-4-6-16(15)18)20(2)17(12-19)8-10-21-9-7-14(17)11-21/h3-6,13-14H,7-12,19H2,1-2H3. The summed E-state index contributed by atoms with van der Waals surface area (Å²) < 4.78 is 0. The Bertz CT molecular complexity index is 507. The number of halogens is 1. The van der Waals surface area contributed by atoms with Crippen molar-refractivity contribution in [3.63, 3.8) is 0 Å². The molecule has 4 atom stereocenters. The predicted molar refractivity (Wildman–Crippen MR) is 88.6 cm³/mol. The summed E-state index contributed by atoms with van der Waals surface area (Å²) in [4.78, 5) is 5.08. The fourth-order valence-electron chi connectivity index (χ4n) is 4.32. The van der Waals surface area contributed by atoms with Crippen LogP contribution in [0.25, 0.3) is 0 Å². The Morgan fingerprint density at radius 1 is 1.43 bits per heavy atom. The minimum atomic E-state index is 0.117. The number of hydrogen-bond donors (Lipinski definition) is 1. The highest BCUT2D eigenvalue weighted by Crippen LogP contribution is 2.42. The van der Waals surface area contributed by atoms with Crippen LogP contribution in [0.5, 0.6) is 0 Å². The molecule has 0 aliphatic carbocycles. The third-order valence-electron chi connectivity index (χ3n) is 5.89. The molecular formula is C17H26ClN3. The molecule has 2 aliphatic heterocycles. The summed E-state index contributed by atoms with van der Waals surface area (Å²) in [5.41, 5.74) is 7.60. The smallest absolute Gasteiger partial charge is 0.0453 e. The van der Waals surface area contributed by atoms with E-state index in [4.69, 9.17) is 17.3 Å². The molecular weight excluding hydrogens is 282 g/mol. The zero-order chi connectivity index (χ0) is 15.0. The number of likely N-dealkylation sites (N-methyl/N-ethyl adjacent to an activating group) is 1. The molecule has 4 unspecified atom stereocenters. The fraction of sp³-hybridized carbons (Fsp3) is 0.647. The molecule has 0 aromatic heterocycles. The van der Waals surface area contributed by atoms with Gasteiger partial charge in [-0.25, -0.2) is 0 Å². The molecule has 2 saturated heterocycles. The van der Waals surface area contributed by atoms with Crippen molar-refractivity contribution >= 4 is 11.6 Å². The Hall–Kier alpha value is -0.610. The lowest BCUT2D eigenvalue weighted by Gasteiger charge is -2.51. The lowest BCUT2D eigenvalue weighted by Crippen LogP contribution is -2.61. The van der Waals surface area contributed by atoms with Crippen molar-refractivity contribution in [3.8, 4) is 0 Å². The predicted octanol–water partition coefficient (Wildman–Crippen LogP) is 2.76. The van der Waals surface area contributed by atoms with E-state index in [0.717, 1.165) is 11.6 Å². The highest BCUT2D eigenvalue weighted by molar-refractivity contribution is 6.31. The quantitative estimate of drug-likeness (QED) is 0.928. The van der Waals surface area contributed by atoms with E-state index >= 15 is 0 Å². The van der Waals surface area contributed by atoms with E-state index in [0.29, 0.717) is 5.92 Å². The first kappa shape index (κ1) is 15.3. The van der Waals surface area contributed by atoms with Gasteiger partial charge in [0, 0.05) is 29.7 Å². The van der Waals surface area contributed by atoms with Gasteiger partial charge in [0.15, 0.2) is 0 Å². The summed E-state index contributed by atoms with van der Waals surface area (Å²) in [6, 6.07) is 8.46. The maximum atomic E-state index is 6.40. The van der Waals surface area contributed by atoms with Gasteiger partial charge in [0.25, 0.3) is 0 Å². The molecule has 21 heavy (non-hydrogen) atoms. The van der Waals surface area contributed by atoms with Crippen molar-refractivity contribution in [2.75, 3.05) is 33.2 Å². The van der Waals surface area contributed by atoms with Crippen molar-refractivity contribution < 1.29 is 0 Å². The Kier molecular flexibility index (Phi) is 4.28. The molecule has 2 fully saturated rings. The third-order valence-corrected chi connectivity index (χ3v) is 6.23. The zero-order valence-electron chi connectivity index (χ0n) is 13.1. The summed E-state index contributed by atoms with van der Waals surface area (Å²) in [7, 11) is 2.23. The molecule has 116 valence electrons. The van der Waals surface area contributed by atoms with Gasteiger partial charge < -0.3 is 10.6 Å². The zero-order valence-corrected chi connectivity index (χ0v) is 13.8. The van der Waals surface area contributed by atoms with Crippen LogP contribution in [0.3, 0.4) is 0 Å². The number of nitrogens with zero attached hydrogens (tertiary/aromatic N) is 2. The molecule has 1 aromatic rings. The molecule has 2 heterocycles. The van der Waals surface area contributed by atoms with Gasteiger partial charge in [0.1, 0.15) is 0 Å². The second kappa shape index (κ2) is 5.88. The van der Waals surface area contributed by atoms with Crippen LogP contribution in [-0.4, -0.2) is 48.6 Å². The Morgan fingerprint density at radius 2 is 2.19 bits per heavy atom. The number of fused-ring (bicyclic) bond motifs is 2. The van der Waals surface area contributed by atoms with Crippen LogP contribution in [0.2, 0.25) is 5.02 Å². The van der Waals surface area contributed by atoms with Crippen molar-refractivity contribution in [1.29, 1.82) is 0 Å². The van der Waals surface area contributed by atoms with Crippen molar-refractivity contribution in [2.45, 2.75) is 31.3 Å². The normalized spacial score (nSPS) is 33.4. The summed E-state index contributed by atoms with van der Waals surface area (Å²) >= 11 is 6.40. The van der Waals surface area contributed by atoms with Gasteiger partial charge in [-0.05, 0) is 57.5 Å². The van der Waals surface area contributed by atoms with Gasteiger partial charge in [0.05, 0.1) is 0 Å². The molecule has 0 saturated carbocycles. The molecule has 1 aromatic carbocycles.